The first-order valence-electron chi connectivity index (χ1n) is 13.2. The first-order chi connectivity index (χ1) is 19.8. The lowest BCUT2D eigenvalue weighted by molar-refractivity contribution is -0.143. The van der Waals surface area contributed by atoms with Gasteiger partial charge in [-0.15, -0.1) is 0 Å². The highest BCUT2D eigenvalue weighted by atomic mass is 19.4. The van der Waals surface area contributed by atoms with Crippen LogP contribution in [-0.4, -0.2) is 28.0 Å². The summed E-state index contributed by atoms with van der Waals surface area (Å²) in [7, 11) is 1.29. The molecule has 1 N–H and O–H groups in total. The molecule has 0 saturated heterocycles. The van der Waals surface area contributed by atoms with Gasteiger partial charge in [0.15, 0.2) is 11.5 Å². The van der Waals surface area contributed by atoms with Gasteiger partial charge in [-0.2, -0.15) is 26.3 Å². The second-order valence-electron chi connectivity index (χ2n) is 12.0. The minimum Gasteiger partial charge on any atom is -0.493 e. The lowest BCUT2D eigenvalue weighted by atomic mass is 9.82. The maximum Gasteiger partial charge on any atom is 0.416 e. The zero-order valence-corrected chi connectivity index (χ0v) is 24.4. The molecule has 0 radical (unpaired) electrons. The summed E-state index contributed by atoms with van der Waals surface area (Å²) in [6.07, 6.45) is -7.55. The highest BCUT2D eigenvalue weighted by Gasteiger charge is 2.38. The number of benzene rings is 2. The minimum absolute atomic E-state index is 0.0193. The molecule has 0 unspecified atom stereocenters. The fourth-order valence-electron chi connectivity index (χ4n) is 5.14. The summed E-state index contributed by atoms with van der Waals surface area (Å²) in [5, 5.41) is 3.60. The quantitative estimate of drug-likeness (QED) is 0.129. The predicted molar refractivity (Wildman–Crippen MR) is 150 cm³/mol. The Kier molecular flexibility index (Phi) is 8.20. The van der Waals surface area contributed by atoms with Gasteiger partial charge < -0.3 is 14.8 Å². The highest BCUT2D eigenvalue weighted by molar-refractivity contribution is 5.92. The smallest absolute Gasteiger partial charge is 0.416 e. The van der Waals surface area contributed by atoms with Crippen LogP contribution in [-0.2, 0) is 12.4 Å². The number of carbonyl (C=O) groups is 1. The molecular formula is C31H31F6N3O3. The molecule has 0 aliphatic heterocycles. The number of rotatable bonds is 7. The predicted octanol–water partition coefficient (Wildman–Crippen LogP) is 8.89. The number of aromatic nitrogens is 2. The molecule has 0 saturated carbocycles. The third-order valence-electron chi connectivity index (χ3n) is 6.42. The third-order valence-corrected chi connectivity index (χ3v) is 6.42. The first kappa shape index (κ1) is 31.7. The van der Waals surface area contributed by atoms with Crippen molar-refractivity contribution in [3.63, 3.8) is 0 Å². The summed E-state index contributed by atoms with van der Waals surface area (Å²) >= 11 is 0. The number of methoxy groups -OCH3 is 1. The molecule has 0 fully saturated rings. The second-order valence-corrected chi connectivity index (χ2v) is 12.0. The Balaban J connectivity index is 1.72. The zero-order chi connectivity index (χ0) is 32.0. The number of halogens is 6. The molecular weight excluding hydrogens is 576 g/mol. The number of esters is 1. The number of fused-ring (bicyclic) bond motifs is 1. The van der Waals surface area contributed by atoms with E-state index in [-0.39, 0.29) is 28.5 Å². The molecule has 4 aromatic rings. The molecule has 2 heterocycles. The van der Waals surface area contributed by atoms with Gasteiger partial charge in [-0.25, -0.2) is 9.78 Å². The van der Waals surface area contributed by atoms with Crippen LogP contribution < -0.4 is 14.8 Å². The summed E-state index contributed by atoms with van der Waals surface area (Å²) in [4.78, 5) is 17.6. The molecule has 0 bridgehead atoms. The molecule has 230 valence electrons. The number of hydrogen-bond donors (Lipinski definition) is 1. The van der Waals surface area contributed by atoms with Crippen LogP contribution in [0.15, 0.2) is 60.8 Å². The van der Waals surface area contributed by atoms with Crippen molar-refractivity contribution in [1.29, 1.82) is 0 Å². The molecule has 0 aliphatic rings. The molecule has 2 aromatic heterocycles. The fraction of sp³-hybridized carbons (Fsp3) is 0.355. The Hall–Kier alpha value is -4.22. The molecule has 0 aliphatic carbocycles. The molecule has 2 aromatic carbocycles. The van der Waals surface area contributed by atoms with E-state index in [4.69, 9.17) is 14.5 Å². The van der Waals surface area contributed by atoms with Crippen molar-refractivity contribution in [1.82, 2.24) is 9.38 Å². The van der Waals surface area contributed by atoms with Crippen molar-refractivity contribution in [2.45, 2.75) is 58.9 Å². The van der Waals surface area contributed by atoms with Crippen LogP contribution in [0, 0.1) is 5.41 Å². The van der Waals surface area contributed by atoms with Gasteiger partial charge in [0, 0.05) is 17.3 Å². The lowest BCUT2D eigenvalue weighted by Crippen LogP contribution is -2.36. The van der Waals surface area contributed by atoms with Gasteiger partial charge >= 0.3 is 18.3 Å². The summed E-state index contributed by atoms with van der Waals surface area (Å²) in [6.45, 7) is 10.6. The molecule has 0 spiro atoms. The third kappa shape index (κ3) is 7.41. The summed E-state index contributed by atoms with van der Waals surface area (Å²) in [5.74, 6) is -0.902. The van der Waals surface area contributed by atoms with Gasteiger partial charge in [0.25, 0.3) is 0 Å². The number of ether oxygens (including phenoxy) is 2. The first-order valence-corrected chi connectivity index (χ1v) is 13.2. The van der Waals surface area contributed by atoms with Gasteiger partial charge in [0.05, 0.1) is 23.8 Å². The van der Waals surface area contributed by atoms with Crippen LogP contribution in [0.4, 0.5) is 32.2 Å². The standard InChI is InChI=1S/C31H31F6N3O3/c1-28(2,3)17-29(4,5)39-26-25(38-24-9-7-8-12-40(24)26)18-10-11-22(23(15-18)42-6)43-27(41)19-13-20(30(32,33)34)16-21(14-19)31(35,36)37/h7-16,39H,17H2,1-6H3. The number of nitrogens with one attached hydrogen (secondary N) is 1. The van der Waals surface area contributed by atoms with Gasteiger partial charge in [-0.3, -0.25) is 4.40 Å². The Morgan fingerprint density at radius 2 is 1.49 bits per heavy atom. The van der Waals surface area contributed by atoms with Crippen LogP contribution in [0.5, 0.6) is 11.5 Å². The van der Waals surface area contributed by atoms with Crippen molar-refractivity contribution in [3.8, 4) is 22.8 Å². The van der Waals surface area contributed by atoms with E-state index < -0.39 is 35.0 Å². The average Bonchev–Trinajstić information content (AvgIpc) is 3.23. The van der Waals surface area contributed by atoms with Gasteiger partial charge in [0.1, 0.15) is 17.2 Å². The lowest BCUT2D eigenvalue weighted by Gasteiger charge is -2.34. The normalized spacial score (nSPS) is 12.8. The van der Waals surface area contributed by atoms with Crippen molar-refractivity contribution < 1.29 is 40.6 Å². The van der Waals surface area contributed by atoms with Crippen molar-refractivity contribution in [2.75, 3.05) is 12.4 Å². The molecule has 0 atom stereocenters. The highest BCUT2D eigenvalue weighted by Crippen LogP contribution is 2.40. The maximum atomic E-state index is 13.3. The van der Waals surface area contributed by atoms with Crippen molar-refractivity contribution in [2.24, 2.45) is 5.41 Å². The van der Waals surface area contributed by atoms with Gasteiger partial charge in [0.2, 0.25) is 0 Å². The van der Waals surface area contributed by atoms with E-state index in [0.29, 0.717) is 34.9 Å². The minimum atomic E-state index is -5.11. The van der Waals surface area contributed by atoms with Crippen LogP contribution in [0.2, 0.25) is 0 Å². The molecule has 12 heteroatoms. The second kappa shape index (κ2) is 11.1. The van der Waals surface area contributed by atoms with Gasteiger partial charge in [-0.1, -0.05) is 26.8 Å². The topological polar surface area (TPSA) is 64.9 Å². The number of imidazole rings is 1. The van der Waals surface area contributed by atoms with E-state index in [1.54, 1.807) is 6.07 Å². The Morgan fingerprint density at radius 3 is 2.05 bits per heavy atom. The number of anilines is 1. The number of carbonyl (C=O) groups excluding carboxylic acids is 1. The molecule has 4 rings (SSSR count). The van der Waals surface area contributed by atoms with E-state index in [2.05, 4.69) is 39.9 Å². The maximum absolute atomic E-state index is 13.3. The van der Waals surface area contributed by atoms with Crippen molar-refractivity contribution in [3.05, 3.63) is 77.5 Å². The number of pyridine rings is 1. The number of alkyl halides is 6. The molecule has 6 nitrogen and oxygen atoms in total. The zero-order valence-electron chi connectivity index (χ0n) is 24.4. The Bertz CT molecular complexity index is 1620. The van der Waals surface area contributed by atoms with E-state index >= 15 is 0 Å². The number of hydrogen-bond acceptors (Lipinski definition) is 5. The summed E-state index contributed by atoms with van der Waals surface area (Å²) in [5.41, 5.74) is -2.72. The average molecular weight is 608 g/mol. The van der Waals surface area contributed by atoms with E-state index in [9.17, 15) is 31.1 Å². The molecule has 0 amide bonds. The van der Waals surface area contributed by atoms with Crippen molar-refractivity contribution >= 4 is 17.4 Å². The van der Waals surface area contributed by atoms with E-state index in [1.165, 1.54) is 19.2 Å². The fourth-order valence-corrected chi connectivity index (χ4v) is 5.14. The van der Waals surface area contributed by atoms with E-state index in [1.807, 2.05) is 28.8 Å². The van der Waals surface area contributed by atoms with E-state index in [0.717, 1.165) is 6.42 Å². The van der Waals surface area contributed by atoms with Crippen LogP contribution >= 0.6 is 0 Å². The molecule has 43 heavy (non-hydrogen) atoms. The number of nitrogens with zero attached hydrogens (tertiary/aromatic N) is 2. The van der Waals surface area contributed by atoms with Crippen LogP contribution in [0.1, 0.15) is 62.5 Å². The monoisotopic (exact) mass is 607 g/mol. The summed E-state index contributed by atoms with van der Waals surface area (Å²) in [6, 6.07) is 10.6. The Morgan fingerprint density at radius 1 is 0.860 bits per heavy atom. The largest absolute Gasteiger partial charge is 0.493 e. The Labute approximate surface area is 244 Å². The SMILES string of the molecule is COc1cc(-c2nc3ccccn3c2NC(C)(C)CC(C)(C)C)ccc1OC(=O)c1cc(C(F)(F)F)cc(C(F)(F)F)c1. The van der Waals surface area contributed by atoms with Crippen LogP contribution in [0.3, 0.4) is 0 Å². The van der Waals surface area contributed by atoms with Crippen LogP contribution in [0.25, 0.3) is 16.9 Å². The summed E-state index contributed by atoms with van der Waals surface area (Å²) < 4.78 is 92.3. The van der Waals surface area contributed by atoms with Gasteiger partial charge in [-0.05, 0) is 74.2 Å².